The van der Waals surface area contributed by atoms with Crippen LogP contribution in [-0.4, -0.2) is 25.8 Å². The molecule has 0 heterocycles. The second-order valence-corrected chi connectivity index (χ2v) is 6.72. The molecule has 0 atom stereocenters. The fourth-order valence-electron chi connectivity index (χ4n) is 2.17. The van der Waals surface area contributed by atoms with Gasteiger partial charge in [0, 0.05) is 18.7 Å². The Morgan fingerprint density at radius 3 is 2.00 bits per heavy atom. The maximum absolute atomic E-state index is 12.5. The molecule has 25 heavy (non-hydrogen) atoms. The maximum atomic E-state index is 12.5. The van der Waals surface area contributed by atoms with Gasteiger partial charge >= 0.3 is 18.9 Å². The third-order valence-electron chi connectivity index (χ3n) is 3.44. The van der Waals surface area contributed by atoms with Crippen LogP contribution in [0.3, 0.4) is 0 Å². The van der Waals surface area contributed by atoms with Gasteiger partial charge in [0.25, 0.3) is 0 Å². The molecule has 0 amide bonds. The molecule has 124 valence electrons. The van der Waals surface area contributed by atoms with E-state index in [1.807, 2.05) is 60.7 Å². The van der Waals surface area contributed by atoms with Crippen LogP contribution in [0.2, 0.25) is 0 Å². The molecule has 3 nitrogen and oxygen atoms in total. The number of sulfonamides is 1. The standard InChI is InChI=1S/C20H20NO2S.Li/c1-3-21(4-2)24(22,23)17-20(19-13-9-6-10-14-19)16-15-18-11-7-5-8-12-18;/h5-14H,3-4H2,1-2H3;/q-1;+1. The third-order valence-corrected chi connectivity index (χ3v) is 5.10. The van der Waals surface area contributed by atoms with E-state index in [1.54, 1.807) is 13.8 Å². The second kappa shape index (κ2) is 10.3. The summed E-state index contributed by atoms with van der Waals surface area (Å²) in [7, 11) is -3.63. The van der Waals surface area contributed by atoms with Gasteiger partial charge in [-0.25, -0.2) is 18.6 Å². The summed E-state index contributed by atoms with van der Waals surface area (Å²) >= 11 is 0. The molecule has 0 saturated heterocycles. The van der Waals surface area contributed by atoms with E-state index in [0.717, 1.165) is 11.1 Å². The van der Waals surface area contributed by atoms with Crippen molar-refractivity contribution >= 4 is 15.6 Å². The molecule has 2 rings (SSSR count). The number of hydrogen-bond acceptors (Lipinski definition) is 2. The molecule has 0 aliphatic rings. The molecule has 0 unspecified atom stereocenters. The first-order valence-electron chi connectivity index (χ1n) is 7.84. The predicted molar refractivity (Wildman–Crippen MR) is 98.3 cm³/mol. The van der Waals surface area contributed by atoms with Crippen molar-refractivity contribution in [3.05, 3.63) is 77.2 Å². The van der Waals surface area contributed by atoms with E-state index in [4.69, 9.17) is 0 Å². The molecular weight excluding hydrogens is 325 g/mol. The van der Waals surface area contributed by atoms with E-state index in [2.05, 4.69) is 17.2 Å². The average Bonchev–Trinajstić information content (AvgIpc) is 2.61. The molecule has 0 radical (unpaired) electrons. The molecule has 0 fully saturated rings. The van der Waals surface area contributed by atoms with Gasteiger partial charge in [-0.05, 0) is 17.5 Å². The smallest absolute Gasteiger partial charge is 0.227 e. The zero-order valence-corrected chi connectivity index (χ0v) is 15.7. The van der Waals surface area contributed by atoms with E-state index < -0.39 is 10.0 Å². The fourth-order valence-corrected chi connectivity index (χ4v) is 3.41. The number of rotatable bonds is 5. The quantitative estimate of drug-likeness (QED) is 0.451. The van der Waals surface area contributed by atoms with Crippen LogP contribution in [0.25, 0.3) is 5.57 Å². The Labute approximate surface area is 163 Å². The van der Waals surface area contributed by atoms with Crippen LogP contribution in [0.1, 0.15) is 25.0 Å². The maximum Gasteiger partial charge on any atom is 1.00 e. The van der Waals surface area contributed by atoms with Gasteiger partial charge in [0.2, 0.25) is 0 Å². The van der Waals surface area contributed by atoms with Gasteiger partial charge < -0.3 is 0 Å². The molecule has 0 saturated carbocycles. The van der Waals surface area contributed by atoms with E-state index in [9.17, 15) is 8.42 Å². The summed E-state index contributed by atoms with van der Waals surface area (Å²) in [5.41, 5.74) is 1.93. The molecule has 5 heteroatoms. The van der Waals surface area contributed by atoms with E-state index in [1.165, 1.54) is 4.31 Å². The minimum absolute atomic E-state index is 0. The summed E-state index contributed by atoms with van der Waals surface area (Å²) in [5.74, 6) is 5.97. The molecule has 0 aliphatic carbocycles. The van der Waals surface area contributed by atoms with Crippen molar-refractivity contribution in [2.75, 3.05) is 13.1 Å². The van der Waals surface area contributed by atoms with Crippen LogP contribution in [0.5, 0.6) is 0 Å². The summed E-state index contributed by atoms with van der Waals surface area (Å²) in [6.07, 6.45) is 0. The first kappa shape index (κ1) is 21.3. The monoisotopic (exact) mass is 345 g/mol. The normalized spacial score (nSPS) is 11.4. The molecule has 0 bridgehead atoms. The van der Waals surface area contributed by atoms with Gasteiger partial charge in [-0.3, -0.25) is 0 Å². The van der Waals surface area contributed by atoms with Crippen LogP contribution in [0.4, 0.5) is 0 Å². The molecule has 0 aromatic heterocycles. The van der Waals surface area contributed by atoms with Gasteiger partial charge in [-0.2, -0.15) is 0 Å². The molecular formula is C20H20LiNO2S. The fraction of sp³-hybridized carbons (Fsp3) is 0.200. The van der Waals surface area contributed by atoms with Crippen LogP contribution >= 0.6 is 0 Å². The summed E-state index contributed by atoms with van der Waals surface area (Å²) in [5, 5.41) is 2.62. The summed E-state index contributed by atoms with van der Waals surface area (Å²) in [6.45, 7) is 4.42. The third kappa shape index (κ3) is 6.23. The van der Waals surface area contributed by atoms with Crippen molar-refractivity contribution in [1.82, 2.24) is 4.31 Å². The van der Waals surface area contributed by atoms with Gasteiger partial charge in [0.05, 0.1) is 0 Å². The zero-order valence-electron chi connectivity index (χ0n) is 14.9. The number of allylic oxidation sites excluding steroid dienone is 1. The molecule has 0 aliphatic heterocycles. The van der Waals surface area contributed by atoms with Crippen LogP contribution in [0, 0.1) is 17.2 Å². The molecule has 0 spiro atoms. The zero-order chi connectivity index (χ0) is 17.4. The molecule has 2 aromatic carbocycles. The Balaban J connectivity index is 0.00000312. The van der Waals surface area contributed by atoms with Gasteiger partial charge in [0.15, 0.2) is 10.0 Å². The summed E-state index contributed by atoms with van der Waals surface area (Å²) in [6, 6.07) is 18.7. The number of benzene rings is 2. The predicted octanol–water partition coefficient (Wildman–Crippen LogP) is 0.558. The molecule has 2 aromatic rings. The Kier molecular flexibility index (Phi) is 8.76. The minimum atomic E-state index is -3.63. The Morgan fingerprint density at radius 2 is 1.48 bits per heavy atom. The molecule has 0 N–H and O–H groups in total. The Bertz CT molecular complexity index is 847. The van der Waals surface area contributed by atoms with Gasteiger partial charge in [-0.15, -0.1) is 29.2 Å². The summed E-state index contributed by atoms with van der Waals surface area (Å²) < 4.78 is 26.4. The van der Waals surface area contributed by atoms with E-state index in [-0.39, 0.29) is 18.9 Å². The number of hydrogen-bond donors (Lipinski definition) is 0. The number of nitrogens with zero attached hydrogens (tertiary/aromatic N) is 1. The van der Waals surface area contributed by atoms with Crippen molar-refractivity contribution in [1.29, 1.82) is 0 Å². The van der Waals surface area contributed by atoms with Gasteiger partial charge in [-0.1, -0.05) is 50.2 Å². The first-order valence-corrected chi connectivity index (χ1v) is 9.28. The van der Waals surface area contributed by atoms with Crippen molar-refractivity contribution in [3.63, 3.8) is 0 Å². The van der Waals surface area contributed by atoms with Gasteiger partial charge in [0.1, 0.15) is 0 Å². The van der Waals surface area contributed by atoms with E-state index >= 15 is 0 Å². The van der Waals surface area contributed by atoms with E-state index in [0.29, 0.717) is 18.7 Å². The Hall–Kier alpha value is -1.75. The van der Waals surface area contributed by atoms with Crippen LogP contribution < -0.4 is 18.9 Å². The van der Waals surface area contributed by atoms with Crippen molar-refractivity contribution < 1.29 is 27.3 Å². The topological polar surface area (TPSA) is 37.4 Å². The second-order valence-electron chi connectivity index (χ2n) is 5.05. The minimum Gasteiger partial charge on any atom is -0.227 e. The van der Waals surface area contributed by atoms with Crippen molar-refractivity contribution in [2.45, 2.75) is 13.8 Å². The Morgan fingerprint density at radius 1 is 0.960 bits per heavy atom. The first-order chi connectivity index (χ1) is 11.6. The largest absolute Gasteiger partial charge is 1.00 e. The summed E-state index contributed by atoms with van der Waals surface area (Å²) in [4.78, 5) is 0. The van der Waals surface area contributed by atoms with Crippen molar-refractivity contribution in [2.24, 2.45) is 0 Å². The average molecular weight is 345 g/mol. The van der Waals surface area contributed by atoms with Crippen LogP contribution in [-0.2, 0) is 10.0 Å². The van der Waals surface area contributed by atoms with Crippen LogP contribution in [0.15, 0.2) is 60.7 Å². The van der Waals surface area contributed by atoms with Crippen molar-refractivity contribution in [3.8, 4) is 11.8 Å². The SMILES string of the molecule is CCN(CC)S(=O)(=O)[C-]=C(C#Cc1ccccc1)c1ccccc1.[Li+].